The van der Waals surface area contributed by atoms with Crippen LogP contribution in [0.3, 0.4) is 0 Å². The molecule has 0 bridgehead atoms. The fraction of sp³-hybridized carbons (Fsp3) is 0.167. The Morgan fingerprint density at radius 3 is 2.77 bits per heavy atom. The molecule has 2 rings (SSSR count). The lowest BCUT2D eigenvalue weighted by molar-refractivity contribution is -0.117. The van der Waals surface area contributed by atoms with Gasteiger partial charge in [0.25, 0.3) is 0 Å². The maximum atomic E-state index is 11.9. The minimum absolute atomic E-state index is 0.151. The largest absolute Gasteiger partial charge is 0.453 e. The van der Waals surface area contributed by atoms with Crippen LogP contribution in [0.25, 0.3) is 0 Å². The fourth-order valence-electron chi connectivity index (χ4n) is 1.50. The third-order valence-electron chi connectivity index (χ3n) is 2.44. The number of aromatic nitrogens is 3. The number of nitrogens with one attached hydrogen (secondary N) is 2. The topological polar surface area (TPSA) is 98.1 Å². The summed E-state index contributed by atoms with van der Waals surface area (Å²) in [6.07, 6.45) is 0.615. The maximum absolute atomic E-state index is 11.9. The molecule has 0 unspecified atom stereocenters. The van der Waals surface area contributed by atoms with E-state index in [4.69, 9.17) is 23.2 Å². The second kappa shape index (κ2) is 7.10. The molecule has 0 atom stereocenters. The minimum atomic E-state index is -0.676. The Morgan fingerprint density at radius 1 is 1.32 bits per heavy atom. The van der Waals surface area contributed by atoms with Crippen molar-refractivity contribution in [1.82, 2.24) is 15.0 Å². The Bertz CT molecular complexity index is 704. The number of halogens is 2. The van der Waals surface area contributed by atoms with E-state index < -0.39 is 6.09 Å². The van der Waals surface area contributed by atoms with Gasteiger partial charge in [-0.2, -0.15) is 9.90 Å². The van der Waals surface area contributed by atoms with Gasteiger partial charge in [0, 0.05) is 5.02 Å². The number of hydrogen-bond donors (Lipinski definition) is 2. The number of ether oxygens (including phenoxy) is 1. The minimum Gasteiger partial charge on any atom is -0.453 e. The van der Waals surface area contributed by atoms with E-state index >= 15 is 0 Å². The molecule has 2 aromatic rings. The first kappa shape index (κ1) is 16.1. The molecule has 2 amide bonds. The Morgan fingerprint density at radius 2 is 2.09 bits per heavy atom. The first-order valence-electron chi connectivity index (χ1n) is 5.98. The highest BCUT2D eigenvalue weighted by molar-refractivity contribution is 6.36. The molecule has 22 heavy (non-hydrogen) atoms. The summed E-state index contributed by atoms with van der Waals surface area (Å²) in [7, 11) is 1.23. The fourth-order valence-corrected chi connectivity index (χ4v) is 1.95. The lowest BCUT2D eigenvalue weighted by Gasteiger charge is -2.07. The normalized spacial score (nSPS) is 10.1. The van der Waals surface area contributed by atoms with Crippen LogP contribution in [-0.2, 0) is 16.1 Å². The van der Waals surface area contributed by atoms with Gasteiger partial charge in [0.05, 0.1) is 24.0 Å². The number of anilines is 2. The summed E-state index contributed by atoms with van der Waals surface area (Å²) in [6, 6.07) is 4.71. The average molecular weight is 344 g/mol. The van der Waals surface area contributed by atoms with Crippen LogP contribution in [0.15, 0.2) is 24.4 Å². The Kier molecular flexibility index (Phi) is 5.18. The van der Waals surface area contributed by atoms with E-state index in [9.17, 15) is 9.59 Å². The van der Waals surface area contributed by atoms with Crippen molar-refractivity contribution < 1.29 is 14.3 Å². The molecule has 0 spiro atoms. The molecule has 0 saturated heterocycles. The van der Waals surface area contributed by atoms with Crippen LogP contribution < -0.4 is 10.6 Å². The number of carbonyl (C=O) groups is 2. The van der Waals surface area contributed by atoms with Gasteiger partial charge in [-0.15, -0.1) is 5.10 Å². The first-order valence-corrected chi connectivity index (χ1v) is 6.73. The number of amides is 2. The van der Waals surface area contributed by atoms with Crippen molar-refractivity contribution in [2.24, 2.45) is 0 Å². The van der Waals surface area contributed by atoms with Crippen molar-refractivity contribution in [3.05, 3.63) is 34.4 Å². The van der Waals surface area contributed by atoms with Crippen molar-refractivity contribution >= 4 is 46.7 Å². The summed E-state index contributed by atoms with van der Waals surface area (Å²) < 4.78 is 4.41. The van der Waals surface area contributed by atoms with E-state index in [1.165, 1.54) is 19.4 Å². The summed E-state index contributed by atoms with van der Waals surface area (Å²) in [6.45, 7) is -0.151. The second-order valence-corrected chi connectivity index (χ2v) is 4.89. The number of benzene rings is 1. The van der Waals surface area contributed by atoms with Crippen molar-refractivity contribution in [3.63, 3.8) is 0 Å². The van der Waals surface area contributed by atoms with Gasteiger partial charge in [-0.25, -0.2) is 4.79 Å². The smallest absolute Gasteiger partial charge is 0.412 e. The van der Waals surface area contributed by atoms with E-state index in [-0.39, 0.29) is 18.3 Å². The van der Waals surface area contributed by atoms with Crippen LogP contribution in [0.2, 0.25) is 10.0 Å². The highest BCUT2D eigenvalue weighted by Crippen LogP contribution is 2.25. The SMILES string of the molecule is COC(=O)Nc1cnn(CC(=O)Nc2ccc(Cl)cc2Cl)n1. The molecule has 116 valence electrons. The molecule has 1 aromatic carbocycles. The van der Waals surface area contributed by atoms with Gasteiger partial charge in [0.15, 0.2) is 5.82 Å². The van der Waals surface area contributed by atoms with Crippen LogP contribution >= 0.6 is 23.2 Å². The van der Waals surface area contributed by atoms with E-state index in [0.29, 0.717) is 15.7 Å². The zero-order valence-electron chi connectivity index (χ0n) is 11.3. The lowest BCUT2D eigenvalue weighted by atomic mass is 10.3. The van der Waals surface area contributed by atoms with Gasteiger partial charge in [-0.05, 0) is 18.2 Å². The highest BCUT2D eigenvalue weighted by atomic mass is 35.5. The van der Waals surface area contributed by atoms with Crippen LogP contribution in [0.1, 0.15) is 0 Å². The van der Waals surface area contributed by atoms with E-state index in [1.54, 1.807) is 12.1 Å². The summed E-state index contributed by atoms with van der Waals surface area (Å²) in [5.41, 5.74) is 0.427. The summed E-state index contributed by atoms with van der Waals surface area (Å²) in [5.74, 6) is -0.214. The Hall–Kier alpha value is -2.32. The molecule has 0 aliphatic carbocycles. The molecule has 0 aliphatic rings. The summed E-state index contributed by atoms with van der Waals surface area (Å²) in [5, 5.41) is 13.5. The summed E-state index contributed by atoms with van der Waals surface area (Å²) in [4.78, 5) is 24.0. The molecule has 0 aliphatic heterocycles. The Labute approximate surface area is 135 Å². The molecule has 0 fully saturated rings. The monoisotopic (exact) mass is 343 g/mol. The molecule has 8 nitrogen and oxygen atoms in total. The first-order chi connectivity index (χ1) is 10.5. The molecular formula is C12H11Cl2N5O3. The van der Waals surface area contributed by atoms with Gasteiger partial charge < -0.3 is 10.1 Å². The summed E-state index contributed by atoms with van der Waals surface area (Å²) >= 11 is 11.7. The van der Waals surface area contributed by atoms with Crippen molar-refractivity contribution in [2.45, 2.75) is 6.54 Å². The number of hydrogen-bond acceptors (Lipinski definition) is 5. The Balaban J connectivity index is 1.96. The van der Waals surface area contributed by atoms with Crippen molar-refractivity contribution in [2.75, 3.05) is 17.7 Å². The van der Waals surface area contributed by atoms with Crippen molar-refractivity contribution in [1.29, 1.82) is 0 Å². The molecular weight excluding hydrogens is 333 g/mol. The third kappa shape index (κ3) is 4.34. The zero-order chi connectivity index (χ0) is 16.1. The number of rotatable bonds is 4. The molecule has 1 aromatic heterocycles. The second-order valence-electron chi connectivity index (χ2n) is 4.05. The van der Waals surface area contributed by atoms with Crippen molar-refractivity contribution in [3.8, 4) is 0 Å². The molecule has 0 saturated carbocycles. The zero-order valence-corrected chi connectivity index (χ0v) is 12.9. The van der Waals surface area contributed by atoms with Gasteiger partial charge in [-0.3, -0.25) is 10.1 Å². The lowest BCUT2D eigenvalue weighted by Crippen LogP contribution is -2.20. The van der Waals surface area contributed by atoms with E-state index in [0.717, 1.165) is 4.80 Å². The van der Waals surface area contributed by atoms with Crippen LogP contribution in [0, 0.1) is 0 Å². The van der Waals surface area contributed by atoms with Gasteiger partial charge in [-0.1, -0.05) is 23.2 Å². The average Bonchev–Trinajstić information content (AvgIpc) is 2.88. The van der Waals surface area contributed by atoms with Gasteiger partial charge in [0.1, 0.15) is 6.54 Å². The van der Waals surface area contributed by atoms with Gasteiger partial charge >= 0.3 is 6.09 Å². The molecule has 0 radical (unpaired) electrons. The van der Waals surface area contributed by atoms with Crippen LogP contribution in [-0.4, -0.2) is 34.1 Å². The van der Waals surface area contributed by atoms with E-state index in [2.05, 4.69) is 25.6 Å². The van der Waals surface area contributed by atoms with Crippen LogP contribution in [0.4, 0.5) is 16.3 Å². The van der Waals surface area contributed by atoms with E-state index in [1.807, 2.05) is 0 Å². The third-order valence-corrected chi connectivity index (χ3v) is 2.99. The predicted molar refractivity (Wildman–Crippen MR) is 81.1 cm³/mol. The quantitative estimate of drug-likeness (QED) is 0.888. The predicted octanol–water partition coefficient (Wildman–Crippen LogP) is 2.40. The molecule has 1 heterocycles. The highest BCUT2D eigenvalue weighted by Gasteiger charge is 2.10. The van der Waals surface area contributed by atoms with Crippen LogP contribution in [0.5, 0.6) is 0 Å². The number of carbonyl (C=O) groups excluding carboxylic acids is 2. The molecule has 2 N–H and O–H groups in total. The standard InChI is InChI=1S/C12H11Cl2N5O3/c1-22-12(21)17-10-5-15-19(18-10)6-11(20)16-9-3-2-7(13)4-8(9)14/h2-5H,6H2,1H3,(H,16,20)(H,17,18,21). The number of nitrogens with zero attached hydrogens (tertiary/aromatic N) is 3. The maximum Gasteiger partial charge on any atom is 0.412 e. The number of methoxy groups -OCH3 is 1. The molecule has 10 heteroatoms. The van der Waals surface area contributed by atoms with Gasteiger partial charge in [0.2, 0.25) is 5.91 Å².